The molecule has 1 amide bonds. The van der Waals surface area contributed by atoms with Gasteiger partial charge in [-0.25, -0.2) is 0 Å². The first-order chi connectivity index (χ1) is 11.2. The first-order valence-electron chi connectivity index (χ1n) is 7.91. The van der Waals surface area contributed by atoms with E-state index in [9.17, 15) is 9.90 Å². The Morgan fingerprint density at radius 3 is 2.65 bits per heavy atom. The summed E-state index contributed by atoms with van der Waals surface area (Å²) in [5.41, 5.74) is 1.63. The highest BCUT2D eigenvalue weighted by atomic mass is 16.3. The molecule has 3 rings (SSSR count). The molecule has 0 radical (unpaired) electrons. The molecule has 0 unspecified atom stereocenters. The first-order valence-corrected chi connectivity index (χ1v) is 7.91. The van der Waals surface area contributed by atoms with Crippen LogP contribution in [0.25, 0.3) is 0 Å². The zero-order valence-electron chi connectivity index (χ0n) is 13.1. The maximum Gasteiger partial charge on any atom is 0.258 e. The summed E-state index contributed by atoms with van der Waals surface area (Å²) in [5.74, 6) is 0.802. The number of hydrogen-bond acceptors (Lipinski definition) is 5. The van der Waals surface area contributed by atoms with Gasteiger partial charge in [0.1, 0.15) is 5.82 Å². The highest BCUT2D eigenvalue weighted by molar-refractivity contribution is 6.03. The standard InChI is InChI=1S/C16H21N5O2/c1-2-14-17-16(20-19-14)18-15(23)11-3-5-12(6-4-11)21-9-7-13(22)8-10-21/h3-6,13,22H,2,7-10H2,1H3,(H2,17,18,19,20,23). The summed E-state index contributed by atoms with van der Waals surface area (Å²) < 4.78 is 0. The number of aromatic amines is 1. The summed E-state index contributed by atoms with van der Waals surface area (Å²) in [5, 5.41) is 19.0. The van der Waals surface area contributed by atoms with Gasteiger partial charge in [-0.3, -0.25) is 15.2 Å². The quantitative estimate of drug-likeness (QED) is 0.796. The van der Waals surface area contributed by atoms with Gasteiger partial charge in [0.2, 0.25) is 5.95 Å². The monoisotopic (exact) mass is 315 g/mol. The second-order valence-corrected chi connectivity index (χ2v) is 5.68. The molecule has 1 fully saturated rings. The number of carbonyl (C=O) groups is 1. The van der Waals surface area contributed by atoms with Gasteiger partial charge >= 0.3 is 0 Å². The van der Waals surface area contributed by atoms with Gasteiger partial charge in [-0.1, -0.05) is 6.92 Å². The minimum Gasteiger partial charge on any atom is -0.393 e. The number of aryl methyl sites for hydroxylation is 1. The van der Waals surface area contributed by atoms with Gasteiger partial charge in [0.25, 0.3) is 5.91 Å². The van der Waals surface area contributed by atoms with Crippen LogP contribution >= 0.6 is 0 Å². The molecule has 0 saturated carbocycles. The Labute approximate surface area is 134 Å². The fourth-order valence-corrected chi connectivity index (χ4v) is 2.63. The van der Waals surface area contributed by atoms with E-state index in [1.807, 2.05) is 19.1 Å². The number of aromatic nitrogens is 3. The van der Waals surface area contributed by atoms with Gasteiger partial charge in [0.15, 0.2) is 0 Å². The Morgan fingerprint density at radius 2 is 2.04 bits per heavy atom. The van der Waals surface area contributed by atoms with Gasteiger partial charge in [0, 0.05) is 30.8 Å². The van der Waals surface area contributed by atoms with E-state index in [4.69, 9.17) is 0 Å². The number of nitrogens with one attached hydrogen (secondary N) is 2. The summed E-state index contributed by atoms with van der Waals surface area (Å²) in [4.78, 5) is 18.6. The second-order valence-electron chi connectivity index (χ2n) is 5.68. The highest BCUT2D eigenvalue weighted by Crippen LogP contribution is 2.20. The summed E-state index contributed by atoms with van der Waals surface area (Å²) in [6, 6.07) is 7.45. The Morgan fingerprint density at radius 1 is 1.35 bits per heavy atom. The molecule has 1 saturated heterocycles. The zero-order valence-corrected chi connectivity index (χ0v) is 13.1. The van der Waals surface area contributed by atoms with Crippen molar-refractivity contribution in [3.8, 4) is 0 Å². The van der Waals surface area contributed by atoms with Crippen LogP contribution < -0.4 is 10.2 Å². The van der Waals surface area contributed by atoms with Gasteiger partial charge in [-0.15, -0.1) is 5.10 Å². The maximum atomic E-state index is 12.2. The fourth-order valence-electron chi connectivity index (χ4n) is 2.63. The van der Waals surface area contributed by atoms with Gasteiger partial charge in [-0.2, -0.15) is 4.98 Å². The number of carbonyl (C=O) groups excluding carboxylic acids is 1. The number of aliphatic hydroxyl groups is 1. The lowest BCUT2D eigenvalue weighted by Gasteiger charge is -2.31. The number of nitrogens with zero attached hydrogens (tertiary/aromatic N) is 3. The van der Waals surface area contributed by atoms with Crippen LogP contribution in [0.4, 0.5) is 11.6 Å². The van der Waals surface area contributed by atoms with E-state index in [1.54, 1.807) is 12.1 Å². The molecule has 1 aliphatic heterocycles. The number of anilines is 2. The zero-order chi connectivity index (χ0) is 16.2. The molecule has 1 aromatic heterocycles. The van der Waals surface area contributed by atoms with E-state index in [-0.39, 0.29) is 12.0 Å². The number of piperidine rings is 1. The number of aliphatic hydroxyl groups excluding tert-OH is 1. The van der Waals surface area contributed by atoms with Crippen LogP contribution in [0.3, 0.4) is 0 Å². The molecule has 2 aromatic rings. The molecule has 1 aliphatic rings. The molecule has 0 spiro atoms. The van der Waals surface area contributed by atoms with Gasteiger partial charge in [0.05, 0.1) is 6.10 Å². The summed E-state index contributed by atoms with van der Waals surface area (Å²) in [6.45, 7) is 3.64. The van der Waals surface area contributed by atoms with Gasteiger partial charge in [-0.05, 0) is 37.1 Å². The minimum atomic E-state index is -0.229. The summed E-state index contributed by atoms with van der Waals surface area (Å²) in [6.07, 6.45) is 2.12. The molecule has 0 aliphatic carbocycles. The molecule has 3 N–H and O–H groups in total. The lowest BCUT2D eigenvalue weighted by molar-refractivity contribution is 0.102. The van der Waals surface area contributed by atoms with Crippen molar-refractivity contribution in [2.75, 3.05) is 23.3 Å². The molecular weight excluding hydrogens is 294 g/mol. The van der Waals surface area contributed by atoms with Crippen molar-refractivity contribution in [2.24, 2.45) is 0 Å². The van der Waals surface area contributed by atoms with Crippen LogP contribution in [0.1, 0.15) is 35.9 Å². The van der Waals surface area contributed by atoms with Crippen molar-refractivity contribution >= 4 is 17.5 Å². The van der Waals surface area contributed by atoms with Crippen LogP contribution in [0.2, 0.25) is 0 Å². The average Bonchev–Trinajstić information content (AvgIpc) is 3.03. The molecule has 0 atom stereocenters. The van der Waals surface area contributed by atoms with E-state index in [2.05, 4.69) is 25.4 Å². The molecule has 2 heterocycles. The Hall–Kier alpha value is -2.41. The Kier molecular flexibility index (Phi) is 4.57. The van der Waals surface area contributed by atoms with Crippen LogP contribution in [0.5, 0.6) is 0 Å². The fraction of sp³-hybridized carbons (Fsp3) is 0.438. The number of H-pyrrole nitrogens is 1. The van der Waals surface area contributed by atoms with Crippen LogP contribution in [0.15, 0.2) is 24.3 Å². The van der Waals surface area contributed by atoms with Crippen molar-refractivity contribution in [1.29, 1.82) is 0 Å². The summed E-state index contributed by atoms with van der Waals surface area (Å²) in [7, 11) is 0. The molecule has 7 heteroatoms. The Balaban J connectivity index is 1.63. The largest absolute Gasteiger partial charge is 0.393 e. The van der Waals surface area contributed by atoms with E-state index >= 15 is 0 Å². The van der Waals surface area contributed by atoms with Crippen molar-refractivity contribution in [2.45, 2.75) is 32.3 Å². The van der Waals surface area contributed by atoms with Crippen LogP contribution in [-0.4, -0.2) is 45.4 Å². The maximum absolute atomic E-state index is 12.2. The molecule has 0 bridgehead atoms. The molecule has 122 valence electrons. The van der Waals surface area contributed by atoms with E-state index in [0.29, 0.717) is 11.5 Å². The summed E-state index contributed by atoms with van der Waals surface area (Å²) >= 11 is 0. The van der Waals surface area contributed by atoms with Crippen molar-refractivity contribution in [3.63, 3.8) is 0 Å². The van der Waals surface area contributed by atoms with Crippen molar-refractivity contribution in [1.82, 2.24) is 15.2 Å². The van der Waals surface area contributed by atoms with E-state index < -0.39 is 0 Å². The van der Waals surface area contributed by atoms with Crippen LogP contribution in [-0.2, 0) is 6.42 Å². The number of hydrogen-bond donors (Lipinski definition) is 3. The normalized spacial score (nSPS) is 15.7. The topological polar surface area (TPSA) is 94.1 Å². The highest BCUT2D eigenvalue weighted by Gasteiger charge is 2.17. The molecular formula is C16H21N5O2. The van der Waals surface area contributed by atoms with Crippen molar-refractivity contribution in [3.05, 3.63) is 35.7 Å². The SMILES string of the molecule is CCc1nc(NC(=O)c2ccc(N3CCC(O)CC3)cc2)n[nH]1. The molecule has 7 nitrogen and oxygen atoms in total. The number of amides is 1. The molecule has 1 aromatic carbocycles. The predicted molar refractivity (Wildman–Crippen MR) is 87.6 cm³/mol. The van der Waals surface area contributed by atoms with Gasteiger partial charge < -0.3 is 10.0 Å². The van der Waals surface area contributed by atoms with Crippen molar-refractivity contribution < 1.29 is 9.90 Å². The average molecular weight is 315 g/mol. The van der Waals surface area contributed by atoms with E-state index in [1.165, 1.54) is 0 Å². The molecule has 23 heavy (non-hydrogen) atoms. The third-order valence-corrected chi connectivity index (χ3v) is 4.05. The lowest BCUT2D eigenvalue weighted by Crippen LogP contribution is -2.35. The third kappa shape index (κ3) is 3.68. The first kappa shape index (κ1) is 15.5. The third-order valence-electron chi connectivity index (χ3n) is 4.05. The second kappa shape index (κ2) is 6.78. The smallest absolute Gasteiger partial charge is 0.258 e. The number of benzene rings is 1. The van der Waals surface area contributed by atoms with E-state index in [0.717, 1.165) is 43.9 Å². The predicted octanol–water partition coefficient (Wildman–Crippen LogP) is 1.58. The minimum absolute atomic E-state index is 0.189. The lowest BCUT2D eigenvalue weighted by atomic mass is 10.1. The van der Waals surface area contributed by atoms with Crippen LogP contribution in [0, 0.1) is 0 Å². The Bertz CT molecular complexity index is 659. The number of rotatable bonds is 4.